The van der Waals surface area contributed by atoms with Crippen molar-refractivity contribution in [2.75, 3.05) is 25.6 Å². The minimum absolute atomic E-state index is 0.600. The van der Waals surface area contributed by atoms with E-state index in [2.05, 4.69) is 15.6 Å². The van der Waals surface area contributed by atoms with E-state index in [4.69, 9.17) is 21.3 Å². The molecule has 126 valence electrons. The third-order valence-electron chi connectivity index (χ3n) is 3.97. The van der Waals surface area contributed by atoms with E-state index in [0.717, 1.165) is 28.0 Å². The fourth-order valence-electron chi connectivity index (χ4n) is 2.76. The van der Waals surface area contributed by atoms with Gasteiger partial charge in [-0.2, -0.15) is 4.52 Å². The monoisotopic (exact) mass is 353 g/mol. The van der Waals surface area contributed by atoms with Crippen molar-refractivity contribution in [2.24, 2.45) is 0 Å². The van der Waals surface area contributed by atoms with Crippen LogP contribution in [0.4, 0.5) is 5.82 Å². The van der Waals surface area contributed by atoms with Gasteiger partial charge in [0.05, 0.1) is 12.1 Å². The normalized spacial score (nSPS) is 11.3. The molecule has 2 aromatic heterocycles. The van der Waals surface area contributed by atoms with Crippen LogP contribution >= 0.6 is 11.6 Å². The predicted octanol–water partition coefficient (Wildman–Crippen LogP) is 3.66. The van der Waals surface area contributed by atoms with Crippen LogP contribution in [-0.2, 0) is 4.74 Å². The number of nitrogens with one attached hydrogen (secondary N) is 1. The lowest BCUT2D eigenvalue weighted by Crippen LogP contribution is -2.10. The second kappa shape index (κ2) is 6.66. The molecule has 0 atom stereocenters. The molecule has 0 spiro atoms. The van der Waals surface area contributed by atoms with Gasteiger partial charge >= 0.3 is 0 Å². The van der Waals surface area contributed by atoms with Gasteiger partial charge in [0.1, 0.15) is 11.5 Å². The number of ether oxygens (including phenoxy) is 1. The number of anilines is 1. The molecule has 0 amide bonds. The molecule has 0 aliphatic heterocycles. The molecule has 7 heteroatoms. The molecule has 1 N–H and O–H groups in total. The summed E-state index contributed by atoms with van der Waals surface area (Å²) in [5.41, 5.74) is 3.28. The molecule has 2 heterocycles. The maximum Gasteiger partial charge on any atom is 0.186 e. The Balaban J connectivity index is 1.91. The third kappa shape index (κ3) is 2.90. The number of rotatable bonds is 5. The summed E-state index contributed by atoms with van der Waals surface area (Å²) in [5.74, 6) is 0.790. The summed E-state index contributed by atoms with van der Waals surface area (Å²) < 4.78 is 6.88. The van der Waals surface area contributed by atoms with E-state index in [0.29, 0.717) is 23.8 Å². The molecular formula is C18H16ClN5O. The number of aromatic nitrogens is 4. The molecule has 0 radical (unpaired) electrons. The highest BCUT2D eigenvalue weighted by atomic mass is 35.5. The maximum absolute atomic E-state index is 5.99. The summed E-state index contributed by atoms with van der Waals surface area (Å²) in [6, 6.07) is 15.5. The van der Waals surface area contributed by atoms with Gasteiger partial charge < -0.3 is 10.1 Å². The summed E-state index contributed by atoms with van der Waals surface area (Å²) in [6.45, 7) is 1.27. The van der Waals surface area contributed by atoms with Crippen molar-refractivity contribution in [3.63, 3.8) is 0 Å². The van der Waals surface area contributed by atoms with E-state index in [9.17, 15) is 0 Å². The highest BCUT2D eigenvalue weighted by Gasteiger charge is 2.15. The van der Waals surface area contributed by atoms with Gasteiger partial charge in [0, 0.05) is 29.6 Å². The fourth-order valence-corrected chi connectivity index (χ4v) is 2.89. The van der Waals surface area contributed by atoms with Gasteiger partial charge in [-0.15, -0.1) is 5.10 Å². The Hall–Kier alpha value is -2.70. The average Bonchev–Trinajstić information content (AvgIpc) is 3.07. The smallest absolute Gasteiger partial charge is 0.186 e. The zero-order valence-corrected chi connectivity index (χ0v) is 14.4. The molecule has 0 saturated carbocycles. The first kappa shape index (κ1) is 15.8. The van der Waals surface area contributed by atoms with Crippen LogP contribution in [0.2, 0.25) is 5.02 Å². The van der Waals surface area contributed by atoms with Crippen LogP contribution in [0, 0.1) is 0 Å². The molecule has 0 fully saturated rings. The van der Waals surface area contributed by atoms with Crippen LogP contribution in [0.15, 0.2) is 48.5 Å². The average molecular weight is 354 g/mol. The van der Waals surface area contributed by atoms with Crippen LogP contribution in [0.25, 0.3) is 27.8 Å². The highest BCUT2D eigenvalue weighted by molar-refractivity contribution is 6.30. The highest BCUT2D eigenvalue weighted by Crippen LogP contribution is 2.28. The molecular weight excluding hydrogens is 338 g/mol. The lowest BCUT2D eigenvalue weighted by Gasteiger charge is -2.10. The Bertz CT molecular complexity index is 1030. The van der Waals surface area contributed by atoms with Gasteiger partial charge in [0.2, 0.25) is 0 Å². The molecule has 0 bridgehead atoms. The van der Waals surface area contributed by atoms with Gasteiger partial charge in [-0.3, -0.25) is 0 Å². The van der Waals surface area contributed by atoms with E-state index in [1.807, 2.05) is 48.5 Å². The second-order valence-electron chi connectivity index (χ2n) is 5.58. The van der Waals surface area contributed by atoms with Crippen molar-refractivity contribution >= 4 is 34.0 Å². The van der Waals surface area contributed by atoms with Crippen LogP contribution in [-0.4, -0.2) is 40.1 Å². The van der Waals surface area contributed by atoms with E-state index in [1.165, 1.54) is 0 Å². The van der Waals surface area contributed by atoms with Gasteiger partial charge in [0.25, 0.3) is 0 Å². The zero-order chi connectivity index (χ0) is 17.2. The number of benzene rings is 2. The van der Waals surface area contributed by atoms with Gasteiger partial charge in [-0.1, -0.05) is 41.1 Å². The van der Waals surface area contributed by atoms with E-state index in [1.54, 1.807) is 11.6 Å². The van der Waals surface area contributed by atoms with Crippen molar-refractivity contribution in [3.8, 4) is 11.3 Å². The zero-order valence-electron chi connectivity index (χ0n) is 13.6. The number of halogens is 1. The van der Waals surface area contributed by atoms with Gasteiger partial charge in [-0.05, 0) is 24.3 Å². The molecule has 6 nitrogen and oxygen atoms in total. The number of fused-ring (bicyclic) bond motifs is 3. The molecule has 0 aliphatic carbocycles. The summed E-state index contributed by atoms with van der Waals surface area (Å²) in [4.78, 5) is 4.77. The van der Waals surface area contributed by atoms with Crippen LogP contribution in [0.1, 0.15) is 0 Å². The first-order valence-corrected chi connectivity index (χ1v) is 8.28. The lowest BCUT2D eigenvalue weighted by atomic mass is 10.1. The molecule has 0 unspecified atom stereocenters. The van der Waals surface area contributed by atoms with E-state index < -0.39 is 0 Å². The number of nitrogens with zero attached hydrogens (tertiary/aromatic N) is 4. The first-order chi connectivity index (χ1) is 12.3. The van der Waals surface area contributed by atoms with E-state index in [-0.39, 0.29) is 0 Å². The fraction of sp³-hybridized carbons (Fsp3) is 0.167. The Labute approximate surface area is 149 Å². The number of hydrogen-bond acceptors (Lipinski definition) is 5. The first-order valence-electron chi connectivity index (χ1n) is 7.91. The largest absolute Gasteiger partial charge is 0.383 e. The lowest BCUT2D eigenvalue weighted by molar-refractivity contribution is 0.210. The summed E-state index contributed by atoms with van der Waals surface area (Å²) >= 11 is 5.99. The predicted molar refractivity (Wildman–Crippen MR) is 99.1 cm³/mol. The van der Waals surface area contributed by atoms with Crippen molar-refractivity contribution in [1.82, 2.24) is 19.8 Å². The number of hydrogen-bond donors (Lipinski definition) is 1. The van der Waals surface area contributed by atoms with Crippen LogP contribution in [0.5, 0.6) is 0 Å². The van der Waals surface area contributed by atoms with Crippen molar-refractivity contribution < 1.29 is 4.74 Å². The number of methoxy groups -OCH3 is 1. The minimum Gasteiger partial charge on any atom is -0.383 e. The summed E-state index contributed by atoms with van der Waals surface area (Å²) in [6.07, 6.45) is 0. The topological polar surface area (TPSA) is 64.3 Å². The Morgan fingerprint density at radius 1 is 1.12 bits per heavy atom. The minimum atomic E-state index is 0.600. The quantitative estimate of drug-likeness (QED) is 0.555. The van der Waals surface area contributed by atoms with Gasteiger partial charge in [-0.25, -0.2) is 4.98 Å². The Kier molecular flexibility index (Phi) is 4.21. The Morgan fingerprint density at radius 3 is 2.72 bits per heavy atom. The van der Waals surface area contributed by atoms with Crippen molar-refractivity contribution in [3.05, 3.63) is 53.6 Å². The SMILES string of the molecule is COCCNc1nc2c(-c3ccc(Cl)cc3)nnn2c2ccccc12. The second-order valence-corrected chi connectivity index (χ2v) is 6.01. The van der Waals surface area contributed by atoms with Crippen LogP contribution in [0.3, 0.4) is 0 Å². The molecule has 25 heavy (non-hydrogen) atoms. The van der Waals surface area contributed by atoms with Crippen LogP contribution < -0.4 is 5.32 Å². The molecule has 4 aromatic rings. The molecule has 2 aromatic carbocycles. The molecule has 0 saturated heterocycles. The van der Waals surface area contributed by atoms with Gasteiger partial charge in [0.15, 0.2) is 5.65 Å². The van der Waals surface area contributed by atoms with E-state index >= 15 is 0 Å². The van der Waals surface area contributed by atoms with Crippen molar-refractivity contribution in [2.45, 2.75) is 0 Å². The maximum atomic E-state index is 5.99. The number of para-hydroxylation sites is 1. The molecule has 4 rings (SSSR count). The summed E-state index contributed by atoms with van der Waals surface area (Å²) in [7, 11) is 1.68. The third-order valence-corrected chi connectivity index (χ3v) is 4.22. The Morgan fingerprint density at radius 2 is 1.92 bits per heavy atom. The standard InChI is InChI=1S/C18H16ClN5O/c1-25-11-10-20-17-14-4-2-3-5-15(14)24-18(21-17)16(22-23-24)12-6-8-13(19)9-7-12/h2-9H,10-11H2,1H3,(H,20,21). The molecule has 0 aliphatic rings. The van der Waals surface area contributed by atoms with Crippen molar-refractivity contribution in [1.29, 1.82) is 0 Å². The summed E-state index contributed by atoms with van der Waals surface area (Å²) in [5, 5.41) is 13.6.